The van der Waals surface area contributed by atoms with Gasteiger partial charge in [0.05, 0.1) is 0 Å². The van der Waals surface area contributed by atoms with Crippen LogP contribution in [0, 0.1) is 13.8 Å². The van der Waals surface area contributed by atoms with Gasteiger partial charge in [-0.1, -0.05) is 101 Å². The molecule has 0 bridgehead atoms. The first-order chi connectivity index (χ1) is 13.7. The van der Waals surface area contributed by atoms with Crippen molar-refractivity contribution < 1.29 is 5.11 Å². The van der Waals surface area contributed by atoms with Gasteiger partial charge in [-0.15, -0.1) is 0 Å². The summed E-state index contributed by atoms with van der Waals surface area (Å²) in [5, 5.41) is 11.6. The van der Waals surface area contributed by atoms with Crippen molar-refractivity contribution in [3.63, 3.8) is 0 Å². The van der Waals surface area contributed by atoms with Crippen LogP contribution in [0.25, 0.3) is 11.1 Å². The van der Waals surface area contributed by atoms with E-state index >= 15 is 0 Å². The van der Waals surface area contributed by atoms with Gasteiger partial charge in [-0.05, 0) is 74.5 Å². The number of hydrogen-bond donors (Lipinski definition) is 1. The van der Waals surface area contributed by atoms with E-state index in [9.17, 15) is 5.11 Å². The van der Waals surface area contributed by atoms with Crippen molar-refractivity contribution in [1.29, 1.82) is 0 Å². The zero-order valence-electron chi connectivity index (χ0n) is 22.7. The van der Waals surface area contributed by atoms with Crippen LogP contribution < -0.4 is 0 Å². The van der Waals surface area contributed by atoms with Crippen LogP contribution in [0.2, 0.25) is 0 Å². The topological polar surface area (TPSA) is 20.2 Å². The summed E-state index contributed by atoms with van der Waals surface area (Å²) in [5.41, 5.74) is 9.48. The second-order valence-electron chi connectivity index (χ2n) is 13.5. The van der Waals surface area contributed by atoms with Crippen LogP contribution in [0.3, 0.4) is 0 Å². The van der Waals surface area contributed by atoms with E-state index in [0.29, 0.717) is 5.75 Å². The second kappa shape index (κ2) is 7.68. The fourth-order valence-corrected chi connectivity index (χ4v) is 4.75. The van der Waals surface area contributed by atoms with Crippen LogP contribution in [0.1, 0.15) is 116 Å². The van der Waals surface area contributed by atoms with Gasteiger partial charge in [-0.2, -0.15) is 0 Å². The van der Waals surface area contributed by atoms with Gasteiger partial charge >= 0.3 is 0 Å². The molecule has 0 aliphatic heterocycles. The summed E-state index contributed by atoms with van der Waals surface area (Å²) in [4.78, 5) is 0. The average molecular weight is 423 g/mol. The molecule has 1 nitrogen and oxygen atoms in total. The molecule has 0 saturated carbocycles. The molecule has 0 fully saturated rings. The van der Waals surface area contributed by atoms with E-state index in [-0.39, 0.29) is 21.7 Å². The molecule has 1 N–H and O–H groups in total. The summed E-state index contributed by atoms with van der Waals surface area (Å²) in [6, 6.07) is 7.06. The van der Waals surface area contributed by atoms with Crippen LogP contribution in [0.5, 0.6) is 5.75 Å². The first-order valence-electron chi connectivity index (χ1n) is 11.7. The third-order valence-corrected chi connectivity index (χ3v) is 6.42. The molecule has 0 spiro atoms. The van der Waals surface area contributed by atoms with Gasteiger partial charge in [0.25, 0.3) is 0 Å². The molecule has 2 rings (SSSR count). The van der Waals surface area contributed by atoms with Crippen molar-refractivity contribution in [2.45, 2.75) is 119 Å². The maximum atomic E-state index is 11.6. The van der Waals surface area contributed by atoms with Crippen molar-refractivity contribution >= 4 is 0 Å². The molecule has 2 aromatic carbocycles. The lowest BCUT2D eigenvalue weighted by atomic mass is 9.71. The minimum Gasteiger partial charge on any atom is -0.507 e. The summed E-state index contributed by atoms with van der Waals surface area (Å²) >= 11 is 0. The van der Waals surface area contributed by atoms with Crippen molar-refractivity contribution in [3.05, 3.63) is 51.6 Å². The summed E-state index contributed by atoms with van der Waals surface area (Å²) in [5.74, 6) is 0.436. The van der Waals surface area contributed by atoms with Gasteiger partial charge in [0.1, 0.15) is 5.75 Å². The zero-order chi connectivity index (χ0) is 24.3. The quantitative estimate of drug-likeness (QED) is 0.486. The molecule has 0 radical (unpaired) electrons. The van der Waals surface area contributed by atoms with Gasteiger partial charge in [-0.25, -0.2) is 0 Å². The fourth-order valence-electron chi connectivity index (χ4n) is 4.75. The minimum absolute atomic E-state index is 0.0288. The van der Waals surface area contributed by atoms with E-state index in [1.807, 2.05) is 0 Å². The van der Waals surface area contributed by atoms with Crippen LogP contribution in [0.15, 0.2) is 18.2 Å². The molecule has 0 amide bonds. The zero-order valence-corrected chi connectivity index (χ0v) is 22.7. The highest BCUT2D eigenvalue weighted by Crippen LogP contribution is 2.48. The molecule has 0 aromatic heterocycles. The molecule has 0 aliphatic carbocycles. The smallest absolute Gasteiger partial charge is 0.126 e. The lowest BCUT2D eigenvalue weighted by molar-refractivity contribution is 0.462. The number of hydrogen-bond acceptors (Lipinski definition) is 1. The highest BCUT2D eigenvalue weighted by Gasteiger charge is 2.32. The molecule has 0 atom stereocenters. The standard InChI is InChI=1S/C30H46O/c1-18-15-20(23(29(9,10)11)16-21(18)27(3,4)5)25-24(30(12,13)14)17-22(28(6,7)8)19(2)26(25)31/h15-17,31H,1-14H3. The average Bonchev–Trinajstić information content (AvgIpc) is 2.52. The highest BCUT2D eigenvalue weighted by atomic mass is 16.3. The van der Waals surface area contributed by atoms with E-state index < -0.39 is 0 Å². The summed E-state index contributed by atoms with van der Waals surface area (Å²) < 4.78 is 0. The Morgan fingerprint density at radius 2 is 0.903 bits per heavy atom. The molecule has 2 aromatic rings. The molecular formula is C30H46O. The van der Waals surface area contributed by atoms with Crippen molar-refractivity contribution in [2.24, 2.45) is 0 Å². The van der Waals surface area contributed by atoms with Crippen molar-refractivity contribution in [1.82, 2.24) is 0 Å². The second-order valence-corrected chi connectivity index (χ2v) is 13.5. The molecule has 0 aliphatic rings. The minimum atomic E-state index is -0.0910. The summed E-state index contributed by atoms with van der Waals surface area (Å²) in [6.45, 7) is 31.4. The predicted molar refractivity (Wildman–Crippen MR) is 138 cm³/mol. The number of rotatable bonds is 1. The van der Waals surface area contributed by atoms with E-state index in [1.165, 1.54) is 33.4 Å². The van der Waals surface area contributed by atoms with Crippen LogP contribution in [0.4, 0.5) is 0 Å². The molecule has 0 saturated heterocycles. The van der Waals surface area contributed by atoms with Gasteiger partial charge in [0.15, 0.2) is 0 Å². The number of aromatic hydroxyl groups is 1. The Kier molecular flexibility index (Phi) is 6.32. The van der Waals surface area contributed by atoms with Crippen LogP contribution in [-0.2, 0) is 21.7 Å². The lowest BCUT2D eigenvalue weighted by Crippen LogP contribution is -2.22. The first kappa shape index (κ1) is 25.5. The van der Waals surface area contributed by atoms with Crippen molar-refractivity contribution in [3.8, 4) is 16.9 Å². The van der Waals surface area contributed by atoms with Gasteiger partial charge < -0.3 is 5.11 Å². The monoisotopic (exact) mass is 422 g/mol. The summed E-state index contributed by atoms with van der Waals surface area (Å²) in [7, 11) is 0. The Morgan fingerprint density at radius 1 is 0.516 bits per heavy atom. The Morgan fingerprint density at radius 3 is 1.29 bits per heavy atom. The van der Waals surface area contributed by atoms with Crippen LogP contribution in [-0.4, -0.2) is 5.11 Å². The molecular weight excluding hydrogens is 376 g/mol. The Balaban J connectivity index is 3.10. The highest BCUT2D eigenvalue weighted by molar-refractivity contribution is 5.81. The SMILES string of the molecule is Cc1cc(-c2c(C(C)(C)C)cc(C(C)(C)C)c(C)c2O)c(C(C)(C)C)cc1C(C)(C)C. The van der Waals surface area contributed by atoms with Crippen LogP contribution >= 0.6 is 0 Å². The van der Waals surface area contributed by atoms with Gasteiger partial charge in [-0.3, -0.25) is 0 Å². The predicted octanol–water partition coefficient (Wildman–Crippen LogP) is 8.87. The Labute approximate surface area is 192 Å². The van der Waals surface area contributed by atoms with Gasteiger partial charge in [0, 0.05) is 5.56 Å². The molecule has 0 heterocycles. The van der Waals surface area contributed by atoms with Gasteiger partial charge in [0.2, 0.25) is 0 Å². The molecule has 31 heavy (non-hydrogen) atoms. The third-order valence-electron chi connectivity index (χ3n) is 6.42. The number of benzene rings is 2. The fraction of sp³-hybridized carbons (Fsp3) is 0.600. The third kappa shape index (κ3) is 5.02. The Hall–Kier alpha value is -1.76. The maximum absolute atomic E-state index is 11.6. The Bertz CT molecular complexity index is 978. The largest absolute Gasteiger partial charge is 0.507 e. The van der Waals surface area contributed by atoms with Crippen molar-refractivity contribution in [2.75, 3.05) is 0 Å². The van der Waals surface area contributed by atoms with E-state index in [4.69, 9.17) is 0 Å². The molecule has 1 heteroatoms. The first-order valence-corrected chi connectivity index (χ1v) is 11.7. The van der Waals surface area contributed by atoms with E-state index in [0.717, 1.165) is 11.1 Å². The molecule has 0 unspecified atom stereocenters. The van der Waals surface area contributed by atoms with E-state index in [2.05, 4.69) is 115 Å². The maximum Gasteiger partial charge on any atom is 0.126 e. The van der Waals surface area contributed by atoms with E-state index in [1.54, 1.807) is 0 Å². The summed E-state index contributed by atoms with van der Waals surface area (Å²) in [6.07, 6.45) is 0. The number of phenolic OH excluding ortho intramolecular Hbond substituents is 1. The normalized spacial score (nSPS) is 13.6. The number of phenols is 1. The molecule has 172 valence electrons. The lowest BCUT2D eigenvalue weighted by Gasteiger charge is -2.34. The number of aryl methyl sites for hydroxylation is 1.